The number of carboxylic acids is 2. The number of aliphatic imine (C=N–C) groups is 1. The van der Waals surface area contributed by atoms with Gasteiger partial charge in [-0.1, -0.05) is 70.0 Å². The number of carboxylic acid groups (broad SMARTS) is 2. The van der Waals surface area contributed by atoms with Gasteiger partial charge in [0.15, 0.2) is 5.96 Å². The highest BCUT2D eigenvalue weighted by Gasteiger charge is 2.46. The summed E-state index contributed by atoms with van der Waals surface area (Å²) in [6.45, 7) is 6.60. The molecule has 1 aliphatic carbocycles. The lowest BCUT2D eigenvalue weighted by Gasteiger charge is -2.33. The first-order chi connectivity index (χ1) is 53.1. The van der Waals surface area contributed by atoms with Crippen LogP contribution in [0.3, 0.4) is 0 Å². The van der Waals surface area contributed by atoms with Crippen molar-refractivity contribution in [2.24, 2.45) is 45.5 Å². The maximum absolute atomic E-state index is 15.6. The van der Waals surface area contributed by atoms with Gasteiger partial charge in [0, 0.05) is 49.5 Å². The van der Waals surface area contributed by atoms with E-state index in [1.54, 1.807) is 76.9 Å². The Morgan fingerprint density at radius 2 is 1.18 bits per heavy atom. The molecule has 2 aliphatic rings. The number of primary amides is 2. The van der Waals surface area contributed by atoms with Crippen molar-refractivity contribution >= 4 is 135 Å². The summed E-state index contributed by atoms with van der Waals surface area (Å²) in [5, 5.41) is 64.6. The molecule has 13 amide bonds. The number of allylic oxidation sites excluding steroid dienone is 2. The average Bonchev–Trinajstić information content (AvgIpc) is 1.63. The first-order valence-corrected chi connectivity index (χ1v) is 39.9. The number of para-hydroxylation sites is 1. The Hall–Kier alpha value is -10.4. The maximum Gasteiger partial charge on any atom is 0.326 e. The molecule has 0 spiro atoms. The van der Waals surface area contributed by atoms with E-state index in [9.17, 15) is 72.9 Å². The lowest BCUT2D eigenvalue weighted by molar-refractivity contribution is -0.144. The van der Waals surface area contributed by atoms with Crippen molar-refractivity contribution in [3.8, 4) is 0 Å². The maximum atomic E-state index is 15.6. The number of aromatic amines is 1. The van der Waals surface area contributed by atoms with Gasteiger partial charge in [-0.3, -0.25) is 72.1 Å². The summed E-state index contributed by atoms with van der Waals surface area (Å²) in [5.41, 5.74) is 30.7. The molecule has 0 saturated carbocycles. The van der Waals surface area contributed by atoms with E-state index in [-0.39, 0.29) is 57.6 Å². The highest BCUT2D eigenvalue weighted by atomic mass is 32.2. The van der Waals surface area contributed by atoms with Crippen molar-refractivity contribution in [3.05, 3.63) is 54.0 Å². The number of thioether (sulfide) groups is 2. The molecule has 1 fully saturated rings. The highest BCUT2D eigenvalue weighted by molar-refractivity contribution is 7.98. The monoisotopic (exact) mass is 1610 g/mol. The third-order valence-corrected chi connectivity index (χ3v) is 20.7. The predicted molar refractivity (Wildman–Crippen MR) is 415 cm³/mol. The number of carbonyl (C=O) groups excluding carboxylic acids is 13. The molecule has 112 heavy (non-hydrogen) atoms. The Bertz CT molecular complexity index is 3870. The summed E-state index contributed by atoms with van der Waals surface area (Å²) in [6.07, 6.45) is 9.54. The lowest BCUT2D eigenvalue weighted by atomic mass is 9.96. The van der Waals surface area contributed by atoms with Gasteiger partial charge in [0.25, 0.3) is 0 Å². The van der Waals surface area contributed by atoms with Crippen LogP contribution >= 0.6 is 23.5 Å². The van der Waals surface area contributed by atoms with E-state index in [2.05, 4.69) is 73.5 Å². The number of H-pyrrole nitrogens is 1. The molecule has 5 rings (SSSR count). The zero-order valence-electron chi connectivity index (χ0n) is 64.0. The van der Waals surface area contributed by atoms with Gasteiger partial charge in [0.05, 0.1) is 37.7 Å². The van der Waals surface area contributed by atoms with E-state index in [1.807, 2.05) is 6.08 Å². The molecule has 2 aromatic heterocycles. The number of aliphatic hydroxyl groups is 1. The van der Waals surface area contributed by atoms with Crippen LogP contribution in [0.1, 0.15) is 148 Å². The number of aliphatic carboxylic acids is 2. The van der Waals surface area contributed by atoms with Crippen LogP contribution in [-0.2, 0) is 78.3 Å². The topological polar surface area (TPSA) is 629 Å². The molecule has 3 heterocycles. The number of hydrogen-bond donors (Lipinski definition) is 19. The second kappa shape index (κ2) is 45.8. The largest absolute Gasteiger partial charge is 0.481 e. The van der Waals surface area contributed by atoms with Crippen molar-refractivity contribution < 1.29 is 87.2 Å². The van der Waals surface area contributed by atoms with Gasteiger partial charge < -0.3 is 107 Å². The van der Waals surface area contributed by atoms with Crippen molar-refractivity contribution in [2.75, 3.05) is 43.7 Å². The third-order valence-electron chi connectivity index (χ3n) is 19.4. The molecule has 1 aromatic carbocycles. The van der Waals surface area contributed by atoms with Crippen molar-refractivity contribution in [3.63, 3.8) is 0 Å². The minimum Gasteiger partial charge on any atom is -0.481 e. The van der Waals surface area contributed by atoms with Crippen LogP contribution in [0.15, 0.2) is 47.7 Å². The summed E-state index contributed by atoms with van der Waals surface area (Å²) in [4.78, 5) is 215. The SMILES string of the molecule is CC[C@H](C)[C@H](NC(=O)[C@@H](N)CCCN=C(N)N)C(=O)N[C@@H](CC(N)=O)C(=O)N[C@@H](CC(N)=O)C(=O)N[C@H](C(=O)N1C[C@@H](n2cc(C3=CCCCC3)nn2)C[C@H]1C(=O)N[C@@H](Cc1c[nH]c2ccccc12)C(=O)N[C@@H](CO)C(=O)N[C@@H](CCC(=O)O)C(=O)N[C@@H](C)C(=O)N[C@@H](CCSC)C(=O)N[C@@H](CCSC)C(=O)O)[C@@H](C)CC. The van der Waals surface area contributed by atoms with E-state index in [0.717, 1.165) is 29.7 Å². The summed E-state index contributed by atoms with van der Waals surface area (Å²) in [7, 11) is 0. The number of fused-ring (bicyclic) bond motifs is 1. The molecule has 15 atom stereocenters. The molecule has 3 aromatic rings. The van der Waals surface area contributed by atoms with E-state index >= 15 is 14.4 Å². The van der Waals surface area contributed by atoms with E-state index < -0.39 is 211 Å². The third kappa shape index (κ3) is 28.4. The molecule has 0 radical (unpaired) electrons. The zero-order valence-corrected chi connectivity index (χ0v) is 65.6. The number of hydrogen-bond acceptors (Lipinski definition) is 22. The van der Waals surface area contributed by atoms with Crippen LogP contribution in [0.25, 0.3) is 16.5 Å². The van der Waals surface area contributed by atoms with E-state index in [0.29, 0.717) is 52.9 Å². The fraction of sp³-hybridized carbons (Fsp3) is 0.606. The number of benzene rings is 1. The van der Waals surface area contributed by atoms with Gasteiger partial charge in [-0.25, -0.2) is 9.48 Å². The summed E-state index contributed by atoms with van der Waals surface area (Å²) < 4.78 is 1.49. The molecule has 0 unspecified atom stereocenters. The predicted octanol–water partition coefficient (Wildman–Crippen LogP) is -3.36. The molecule has 39 nitrogen and oxygen atoms in total. The van der Waals surface area contributed by atoms with Gasteiger partial charge in [0.2, 0.25) is 76.8 Å². The second-order valence-corrected chi connectivity index (χ2v) is 29.8. The van der Waals surface area contributed by atoms with Crippen molar-refractivity contribution in [1.82, 2.24) is 78.0 Å². The fourth-order valence-electron chi connectivity index (χ4n) is 12.5. The van der Waals surface area contributed by atoms with Crippen LogP contribution in [0.2, 0.25) is 0 Å². The summed E-state index contributed by atoms with van der Waals surface area (Å²) in [6, 6.07) is -12.6. The minimum absolute atomic E-state index is 0.0520. The van der Waals surface area contributed by atoms with Gasteiger partial charge in [0.1, 0.15) is 72.2 Å². The number of nitrogens with zero attached hydrogens (tertiary/aromatic N) is 5. The number of likely N-dealkylation sites (tertiary alicyclic amines) is 1. The number of aliphatic hydroxyl groups excluding tert-OH is 1. The molecule has 0 bridgehead atoms. The second-order valence-electron chi connectivity index (χ2n) is 27.8. The van der Waals surface area contributed by atoms with Crippen LogP contribution in [0.4, 0.5) is 0 Å². The molecule has 618 valence electrons. The number of aromatic nitrogens is 4. The first kappa shape index (κ1) is 92.2. The highest BCUT2D eigenvalue weighted by Crippen LogP contribution is 2.32. The summed E-state index contributed by atoms with van der Waals surface area (Å²) in [5.74, 6) is -16.8. The number of amides is 13. The van der Waals surface area contributed by atoms with Gasteiger partial charge >= 0.3 is 11.9 Å². The van der Waals surface area contributed by atoms with E-state index in [1.165, 1.54) is 35.1 Å². The van der Waals surface area contributed by atoms with Crippen molar-refractivity contribution in [1.29, 1.82) is 0 Å². The number of nitrogens with two attached hydrogens (primary N) is 5. The molecular formula is C71H109N21O18S2. The Labute approximate surface area is 656 Å². The Morgan fingerprint density at radius 1 is 0.634 bits per heavy atom. The number of nitrogens with one attached hydrogen (secondary N) is 11. The van der Waals surface area contributed by atoms with Crippen molar-refractivity contribution in [2.45, 2.75) is 216 Å². The molecule has 41 heteroatoms. The van der Waals surface area contributed by atoms with Gasteiger partial charge in [-0.05, 0) is 118 Å². The number of carbonyl (C=O) groups is 15. The molecule has 1 saturated heterocycles. The number of guanidine groups is 1. The van der Waals surface area contributed by atoms with Crippen LogP contribution in [-0.4, -0.2) is 251 Å². The Kier molecular flexibility index (Phi) is 37.7. The van der Waals surface area contributed by atoms with Gasteiger partial charge in [-0.2, -0.15) is 23.5 Å². The zero-order chi connectivity index (χ0) is 83.1. The molecular weight excluding hydrogens is 1500 g/mol. The number of rotatable bonds is 48. The normalized spacial score (nSPS) is 17.5. The summed E-state index contributed by atoms with van der Waals surface area (Å²) >= 11 is 2.70. The van der Waals surface area contributed by atoms with Gasteiger partial charge in [-0.15, -0.1) is 5.10 Å². The van der Waals surface area contributed by atoms with E-state index in [4.69, 9.17) is 28.7 Å². The van der Waals surface area contributed by atoms with Crippen LogP contribution < -0.4 is 81.8 Å². The Morgan fingerprint density at radius 3 is 1.78 bits per heavy atom. The quantitative estimate of drug-likeness (QED) is 0.0149. The standard InChI is InChI=1S/C71H109N21O18S2/c1-8-36(3)57(87-60(99)43(72)19-15-25-77-71(75)76)68(107)85-49(30-54(73)94)64(103)83-50(31-55(74)95)65(104)88-58(37(4)9-2)69(108)91-33-41(92-34-51(89-90-92)39-16-11-10-12-17-39)29-53(91)67(106)84-48(28-40-32-78-44-20-14-13-18-42(40)44)63(102)86-52(35-93)66(105)81-45(21-22-56(96)97)61(100)79-38(5)59(98)80-46(23-26-111-6)62(101)82-47(70(109)110)24-27-112-7/h13-14,16,18,20,32,34,36-38,41,43,45-50,52-53,57-58,78,93H,8-12,15,17,19,21-31,33,35,72H2,1-7H3,(H2,73,94)(H2,74,95)(H,79,100)(H,80,98)(H,81,105)(H,82,101)(H,83,103)(H,84,106)(H,85,107)(H,86,102)(H,87,99)(H,88,104)(H,96,97)(H,109,110)(H4,75,76,77)/t36-,37-,38-,41-,43-,45-,46-,47-,48-,49-,50-,52-,53-,57-,58-/m0/s1. The minimum atomic E-state index is -1.94. The average molecular weight is 1610 g/mol. The molecule has 1 aliphatic heterocycles. The smallest absolute Gasteiger partial charge is 0.326 e. The molecule has 24 N–H and O–H groups in total. The lowest BCUT2D eigenvalue weighted by Crippen LogP contribution is -2.62. The van der Waals surface area contributed by atoms with Crippen LogP contribution in [0.5, 0.6) is 0 Å². The van der Waals surface area contributed by atoms with Crippen LogP contribution in [0, 0.1) is 11.8 Å². The first-order valence-electron chi connectivity index (χ1n) is 37.1. The Balaban J connectivity index is 1.46. The fourth-order valence-corrected chi connectivity index (χ4v) is 13.4.